The van der Waals surface area contributed by atoms with Crippen molar-refractivity contribution < 1.29 is 41.3 Å². The minimum atomic E-state index is -5.05. The Bertz CT molecular complexity index is 553. The molecule has 3 N–H and O–H groups in total. The van der Waals surface area contributed by atoms with Gasteiger partial charge in [-0.15, -0.1) is 25.6 Å². The molecule has 0 aliphatic rings. The number of carbonyl (C=O) groups is 1. The van der Waals surface area contributed by atoms with Crippen LogP contribution in [0, 0.1) is 0 Å². The van der Waals surface area contributed by atoms with E-state index in [1.807, 2.05) is 0 Å². The first-order valence-corrected chi connectivity index (χ1v) is 5.88. The van der Waals surface area contributed by atoms with Crippen LogP contribution in [0.15, 0.2) is 18.2 Å². The zero-order chi connectivity index (χ0) is 17.1. The van der Waals surface area contributed by atoms with Gasteiger partial charge in [-0.05, 0) is 25.1 Å². The van der Waals surface area contributed by atoms with Crippen molar-refractivity contribution in [1.82, 2.24) is 0 Å². The number of esters is 1. The first-order valence-electron chi connectivity index (χ1n) is 5.88. The van der Waals surface area contributed by atoms with Crippen molar-refractivity contribution in [3.05, 3.63) is 23.8 Å². The van der Waals surface area contributed by atoms with E-state index >= 15 is 0 Å². The normalized spacial score (nSPS) is 13.0. The second kappa shape index (κ2) is 7.64. The Balaban J connectivity index is 0.00000484. The summed E-state index contributed by atoms with van der Waals surface area (Å²) < 4.78 is 71.5. The SMILES string of the molecule is CCOC(=O)C(F)(F)[C@H](N)c1cc(OC(F)(F)F)ccc1O.Cl. The number of rotatable bonds is 5. The van der Waals surface area contributed by atoms with Crippen LogP contribution in [0.2, 0.25) is 0 Å². The van der Waals surface area contributed by atoms with Crippen LogP contribution in [-0.2, 0) is 9.53 Å². The number of halogens is 6. The van der Waals surface area contributed by atoms with Gasteiger partial charge in [0.05, 0.1) is 6.61 Å². The molecular weight excluding hydrogens is 353 g/mol. The highest BCUT2D eigenvalue weighted by molar-refractivity contribution is 5.85. The molecule has 0 aromatic heterocycles. The zero-order valence-corrected chi connectivity index (χ0v) is 12.4. The molecule has 0 bridgehead atoms. The van der Waals surface area contributed by atoms with Gasteiger partial charge in [-0.3, -0.25) is 0 Å². The lowest BCUT2D eigenvalue weighted by Crippen LogP contribution is -2.41. The maximum Gasteiger partial charge on any atom is 0.573 e. The van der Waals surface area contributed by atoms with E-state index in [2.05, 4.69) is 9.47 Å². The molecule has 11 heteroatoms. The molecule has 1 atom stereocenters. The van der Waals surface area contributed by atoms with Crippen molar-refractivity contribution in [1.29, 1.82) is 0 Å². The highest BCUT2D eigenvalue weighted by Crippen LogP contribution is 2.37. The highest BCUT2D eigenvalue weighted by atomic mass is 35.5. The Labute approximate surface area is 133 Å². The maximum absolute atomic E-state index is 13.8. The number of ether oxygens (including phenoxy) is 2. The van der Waals surface area contributed by atoms with Crippen molar-refractivity contribution >= 4 is 18.4 Å². The zero-order valence-electron chi connectivity index (χ0n) is 11.6. The van der Waals surface area contributed by atoms with E-state index < -0.39 is 41.4 Å². The van der Waals surface area contributed by atoms with E-state index in [4.69, 9.17) is 5.73 Å². The third-order valence-electron chi connectivity index (χ3n) is 2.51. The first kappa shape index (κ1) is 21.2. The van der Waals surface area contributed by atoms with Crippen molar-refractivity contribution in [2.24, 2.45) is 5.73 Å². The van der Waals surface area contributed by atoms with Crippen LogP contribution >= 0.6 is 12.4 Å². The maximum atomic E-state index is 13.8. The Morgan fingerprint density at radius 3 is 2.35 bits per heavy atom. The minimum Gasteiger partial charge on any atom is -0.508 e. The van der Waals surface area contributed by atoms with Crippen LogP contribution in [0.3, 0.4) is 0 Å². The summed E-state index contributed by atoms with van der Waals surface area (Å²) in [6, 6.07) is -0.539. The molecule has 1 aromatic rings. The van der Waals surface area contributed by atoms with E-state index in [1.165, 1.54) is 6.92 Å². The Morgan fingerprint density at radius 1 is 1.30 bits per heavy atom. The number of hydrogen-bond donors (Lipinski definition) is 2. The summed E-state index contributed by atoms with van der Waals surface area (Å²) in [5.74, 6) is -7.88. The summed E-state index contributed by atoms with van der Waals surface area (Å²) in [6.45, 7) is 0.944. The quantitative estimate of drug-likeness (QED) is 0.619. The molecule has 0 unspecified atom stereocenters. The Kier molecular flexibility index (Phi) is 7.04. The van der Waals surface area contributed by atoms with Crippen molar-refractivity contribution in [3.8, 4) is 11.5 Å². The number of alkyl halides is 5. The van der Waals surface area contributed by atoms with Gasteiger partial charge in [0.25, 0.3) is 0 Å². The fraction of sp³-hybridized carbons (Fsp3) is 0.417. The lowest BCUT2D eigenvalue weighted by atomic mass is 10.00. The number of benzene rings is 1. The number of hydrogen-bond acceptors (Lipinski definition) is 5. The molecule has 0 saturated carbocycles. The van der Waals surface area contributed by atoms with Gasteiger partial charge in [-0.25, -0.2) is 4.79 Å². The molecule has 0 fully saturated rings. The van der Waals surface area contributed by atoms with Crippen LogP contribution < -0.4 is 10.5 Å². The van der Waals surface area contributed by atoms with Crippen LogP contribution in [-0.4, -0.2) is 30.0 Å². The van der Waals surface area contributed by atoms with E-state index in [1.54, 1.807) is 0 Å². The van der Waals surface area contributed by atoms with Gasteiger partial charge in [0.2, 0.25) is 0 Å². The van der Waals surface area contributed by atoms with Crippen LogP contribution in [0.4, 0.5) is 22.0 Å². The van der Waals surface area contributed by atoms with Crippen molar-refractivity contribution in [2.75, 3.05) is 6.61 Å². The summed E-state index contributed by atoms with van der Waals surface area (Å²) in [6.07, 6.45) is -5.05. The molecule has 1 rings (SSSR count). The van der Waals surface area contributed by atoms with Crippen LogP contribution in [0.5, 0.6) is 11.5 Å². The monoisotopic (exact) mass is 365 g/mol. The van der Waals surface area contributed by atoms with Gasteiger partial charge in [-0.2, -0.15) is 8.78 Å². The van der Waals surface area contributed by atoms with E-state index in [0.717, 1.165) is 0 Å². The molecule has 0 radical (unpaired) electrons. The Hall–Kier alpha value is -1.81. The topological polar surface area (TPSA) is 81.8 Å². The molecule has 0 saturated heterocycles. The minimum absolute atomic E-state index is 0. The van der Waals surface area contributed by atoms with Crippen molar-refractivity contribution in [2.45, 2.75) is 25.3 Å². The van der Waals surface area contributed by atoms with Gasteiger partial charge in [0.1, 0.15) is 17.5 Å². The number of phenols is 1. The molecular formula is C12H13ClF5NO4. The standard InChI is InChI=1S/C12H12F5NO4.ClH/c1-2-21-10(20)11(13,14)9(18)7-5-6(3-4-8(7)19)22-12(15,16)17;/h3-5,9,19H,2,18H2,1H3;1H/t9-;/m1./s1. The number of phenolic OH excluding ortho intramolecular Hbond substituents is 1. The first-order chi connectivity index (χ1) is 9.99. The summed E-state index contributed by atoms with van der Waals surface area (Å²) in [5, 5.41) is 9.48. The van der Waals surface area contributed by atoms with E-state index in [0.29, 0.717) is 18.2 Å². The molecule has 132 valence electrons. The third kappa shape index (κ3) is 5.39. The summed E-state index contributed by atoms with van der Waals surface area (Å²) in [5.41, 5.74) is 4.40. The third-order valence-corrected chi connectivity index (χ3v) is 2.51. The molecule has 1 aromatic carbocycles. The molecule has 23 heavy (non-hydrogen) atoms. The lowest BCUT2D eigenvalue weighted by molar-refractivity contribution is -0.274. The highest BCUT2D eigenvalue weighted by Gasteiger charge is 2.48. The van der Waals surface area contributed by atoms with Crippen LogP contribution in [0.25, 0.3) is 0 Å². The molecule has 0 heterocycles. The summed E-state index contributed by atoms with van der Waals surface area (Å²) in [4.78, 5) is 11.2. The van der Waals surface area contributed by atoms with Gasteiger partial charge < -0.3 is 20.3 Å². The Morgan fingerprint density at radius 2 is 1.87 bits per heavy atom. The number of aromatic hydroxyl groups is 1. The summed E-state index contributed by atoms with van der Waals surface area (Å²) in [7, 11) is 0. The van der Waals surface area contributed by atoms with Gasteiger partial charge in [-0.1, -0.05) is 0 Å². The number of nitrogens with two attached hydrogens (primary N) is 1. The van der Waals surface area contributed by atoms with Crippen LogP contribution in [0.1, 0.15) is 18.5 Å². The lowest BCUT2D eigenvalue weighted by Gasteiger charge is -2.23. The molecule has 5 nitrogen and oxygen atoms in total. The fourth-order valence-electron chi connectivity index (χ4n) is 1.53. The average molecular weight is 366 g/mol. The predicted octanol–water partition coefficient (Wildman–Crippen LogP) is 2.91. The molecule has 0 aliphatic heterocycles. The van der Waals surface area contributed by atoms with E-state index in [-0.39, 0.29) is 19.0 Å². The average Bonchev–Trinajstić information content (AvgIpc) is 2.38. The van der Waals surface area contributed by atoms with Gasteiger partial charge in [0, 0.05) is 5.56 Å². The second-order valence-electron chi connectivity index (χ2n) is 4.09. The molecule has 0 amide bonds. The van der Waals surface area contributed by atoms with Gasteiger partial charge >= 0.3 is 18.3 Å². The fourth-order valence-corrected chi connectivity index (χ4v) is 1.53. The van der Waals surface area contributed by atoms with Gasteiger partial charge in [0.15, 0.2) is 0 Å². The number of carbonyl (C=O) groups excluding carboxylic acids is 1. The van der Waals surface area contributed by atoms with E-state index in [9.17, 15) is 31.9 Å². The smallest absolute Gasteiger partial charge is 0.508 e. The predicted molar refractivity (Wildman–Crippen MR) is 70.5 cm³/mol. The molecule has 0 spiro atoms. The largest absolute Gasteiger partial charge is 0.573 e. The summed E-state index contributed by atoms with van der Waals surface area (Å²) >= 11 is 0. The second-order valence-corrected chi connectivity index (χ2v) is 4.09. The molecule has 0 aliphatic carbocycles. The van der Waals surface area contributed by atoms with Crippen molar-refractivity contribution in [3.63, 3.8) is 0 Å².